The Bertz CT molecular complexity index is 769. The second-order valence-electron chi connectivity index (χ2n) is 6.54. The summed E-state index contributed by atoms with van der Waals surface area (Å²) < 4.78 is 10.9. The number of amides is 1. The normalized spacial score (nSPS) is 15.0. The van der Waals surface area contributed by atoms with Crippen LogP contribution in [-0.2, 0) is 16.8 Å². The van der Waals surface area contributed by atoms with Gasteiger partial charge in [-0.25, -0.2) is 0 Å². The number of halogens is 1. The molecule has 0 aromatic heterocycles. The van der Waals surface area contributed by atoms with Gasteiger partial charge in [-0.1, -0.05) is 36.2 Å². The van der Waals surface area contributed by atoms with Crippen LogP contribution < -0.4 is 14.8 Å². The Morgan fingerprint density at radius 3 is 2.46 bits per heavy atom. The zero-order valence-electron chi connectivity index (χ0n) is 15.2. The first-order valence-corrected chi connectivity index (χ1v) is 9.31. The van der Waals surface area contributed by atoms with Gasteiger partial charge in [0.15, 0.2) is 11.5 Å². The van der Waals surface area contributed by atoms with Crippen molar-refractivity contribution < 1.29 is 14.3 Å². The van der Waals surface area contributed by atoms with E-state index in [1.165, 1.54) is 0 Å². The van der Waals surface area contributed by atoms with E-state index in [1.807, 2.05) is 49.4 Å². The number of carbonyl (C=O) groups is 1. The molecule has 5 heteroatoms. The van der Waals surface area contributed by atoms with Crippen LogP contribution in [0.3, 0.4) is 0 Å². The van der Waals surface area contributed by atoms with E-state index in [0.717, 1.165) is 30.4 Å². The van der Waals surface area contributed by atoms with Crippen LogP contribution in [0.25, 0.3) is 0 Å². The SMILES string of the molecule is CCOc1ccc(CNC(=O)C2(c3ccc(Cl)cc3)CCC2)cc1OC. The molecule has 26 heavy (non-hydrogen) atoms. The summed E-state index contributed by atoms with van der Waals surface area (Å²) in [7, 11) is 1.62. The van der Waals surface area contributed by atoms with Gasteiger partial charge in [0.2, 0.25) is 5.91 Å². The third kappa shape index (κ3) is 3.65. The lowest BCUT2D eigenvalue weighted by atomic mass is 9.64. The zero-order valence-corrected chi connectivity index (χ0v) is 15.9. The summed E-state index contributed by atoms with van der Waals surface area (Å²) in [6, 6.07) is 13.3. The zero-order chi connectivity index (χ0) is 18.6. The molecule has 0 spiro atoms. The summed E-state index contributed by atoms with van der Waals surface area (Å²) in [6.07, 6.45) is 2.80. The number of benzene rings is 2. The van der Waals surface area contributed by atoms with Crippen molar-refractivity contribution >= 4 is 17.5 Å². The molecule has 0 saturated heterocycles. The Kier molecular flexibility index (Phi) is 5.72. The third-order valence-electron chi connectivity index (χ3n) is 5.02. The molecular formula is C21H24ClNO3. The molecule has 0 atom stereocenters. The van der Waals surface area contributed by atoms with Crippen molar-refractivity contribution in [1.29, 1.82) is 0 Å². The van der Waals surface area contributed by atoms with Gasteiger partial charge in [-0.2, -0.15) is 0 Å². The van der Waals surface area contributed by atoms with Crippen LogP contribution >= 0.6 is 11.6 Å². The van der Waals surface area contributed by atoms with E-state index in [0.29, 0.717) is 29.7 Å². The smallest absolute Gasteiger partial charge is 0.230 e. The second kappa shape index (κ2) is 8.00. The van der Waals surface area contributed by atoms with E-state index in [-0.39, 0.29) is 5.91 Å². The molecule has 0 unspecified atom stereocenters. The maximum atomic E-state index is 12.9. The van der Waals surface area contributed by atoms with Gasteiger partial charge < -0.3 is 14.8 Å². The van der Waals surface area contributed by atoms with Gasteiger partial charge in [0.1, 0.15) is 0 Å². The Hall–Kier alpha value is -2.20. The molecule has 138 valence electrons. The lowest BCUT2D eigenvalue weighted by Gasteiger charge is -2.40. The first-order chi connectivity index (χ1) is 12.6. The number of rotatable bonds is 7. The van der Waals surface area contributed by atoms with E-state index < -0.39 is 5.41 Å². The minimum atomic E-state index is -0.431. The summed E-state index contributed by atoms with van der Waals surface area (Å²) in [5.41, 5.74) is 1.58. The highest BCUT2D eigenvalue weighted by molar-refractivity contribution is 6.30. The number of hydrogen-bond donors (Lipinski definition) is 1. The standard InChI is InChI=1S/C21H24ClNO3/c1-3-26-18-10-5-15(13-19(18)25-2)14-23-20(24)21(11-4-12-21)16-6-8-17(22)9-7-16/h5-10,13H,3-4,11-12,14H2,1-2H3,(H,23,24). The van der Waals surface area contributed by atoms with Gasteiger partial charge in [0.25, 0.3) is 0 Å². The van der Waals surface area contributed by atoms with Crippen molar-refractivity contribution in [2.24, 2.45) is 0 Å². The molecule has 0 bridgehead atoms. The van der Waals surface area contributed by atoms with Gasteiger partial charge in [-0.15, -0.1) is 0 Å². The molecule has 4 nitrogen and oxygen atoms in total. The first-order valence-electron chi connectivity index (χ1n) is 8.93. The molecule has 2 aromatic rings. The Morgan fingerprint density at radius 1 is 1.15 bits per heavy atom. The predicted molar refractivity (Wildman–Crippen MR) is 103 cm³/mol. The van der Waals surface area contributed by atoms with Crippen LogP contribution in [0.1, 0.15) is 37.3 Å². The molecule has 2 aromatic carbocycles. The van der Waals surface area contributed by atoms with E-state index in [1.54, 1.807) is 7.11 Å². The Morgan fingerprint density at radius 2 is 1.88 bits per heavy atom. The van der Waals surface area contributed by atoms with E-state index in [2.05, 4.69) is 5.32 Å². The van der Waals surface area contributed by atoms with E-state index >= 15 is 0 Å². The van der Waals surface area contributed by atoms with Crippen molar-refractivity contribution in [3.63, 3.8) is 0 Å². The number of ether oxygens (including phenoxy) is 2. The number of hydrogen-bond acceptors (Lipinski definition) is 3. The van der Waals surface area contributed by atoms with Gasteiger partial charge in [-0.3, -0.25) is 4.79 Å². The monoisotopic (exact) mass is 373 g/mol. The number of methoxy groups -OCH3 is 1. The number of carbonyl (C=O) groups excluding carboxylic acids is 1. The fraction of sp³-hybridized carbons (Fsp3) is 0.381. The maximum absolute atomic E-state index is 12.9. The van der Waals surface area contributed by atoms with Crippen LogP contribution in [0, 0.1) is 0 Å². The minimum Gasteiger partial charge on any atom is -0.493 e. The molecule has 1 fully saturated rings. The maximum Gasteiger partial charge on any atom is 0.230 e. The van der Waals surface area contributed by atoms with Crippen LogP contribution in [0.15, 0.2) is 42.5 Å². The summed E-state index contributed by atoms with van der Waals surface area (Å²) in [5, 5.41) is 3.77. The third-order valence-corrected chi connectivity index (χ3v) is 5.27. The summed E-state index contributed by atoms with van der Waals surface area (Å²) >= 11 is 5.98. The van der Waals surface area contributed by atoms with E-state index in [4.69, 9.17) is 21.1 Å². The molecule has 1 saturated carbocycles. The first kappa shape index (κ1) is 18.6. The molecule has 1 aliphatic rings. The van der Waals surface area contributed by atoms with Crippen molar-refractivity contribution in [3.8, 4) is 11.5 Å². The van der Waals surface area contributed by atoms with Gasteiger partial charge in [-0.05, 0) is 55.2 Å². The van der Waals surface area contributed by atoms with Gasteiger partial charge in [0, 0.05) is 11.6 Å². The highest BCUT2D eigenvalue weighted by Crippen LogP contribution is 2.44. The van der Waals surface area contributed by atoms with Crippen LogP contribution in [0.2, 0.25) is 5.02 Å². The highest BCUT2D eigenvalue weighted by atomic mass is 35.5. The molecule has 1 amide bonds. The van der Waals surface area contributed by atoms with Crippen molar-refractivity contribution in [3.05, 3.63) is 58.6 Å². The average molecular weight is 374 g/mol. The van der Waals surface area contributed by atoms with Crippen molar-refractivity contribution in [2.75, 3.05) is 13.7 Å². The number of nitrogens with one attached hydrogen (secondary N) is 1. The Balaban J connectivity index is 1.70. The Labute approximate surface area is 159 Å². The molecule has 1 aliphatic carbocycles. The fourth-order valence-corrected chi connectivity index (χ4v) is 3.52. The molecular weight excluding hydrogens is 350 g/mol. The summed E-state index contributed by atoms with van der Waals surface area (Å²) in [5.74, 6) is 1.45. The van der Waals surface area contributed by atoms with Gasteiger partial charge >= 0.3 is 0 Å². The van der Waals surface area contributed by atoms with Gasteiger partial charge in [0.05, 0.1) is 19.1 Å². The molecule has 1 N–H and O–H groups in total. The molecule has 0 aliphatic heterocycles. The fourth-order valence-electron chi connectivity index (χ4n) is 3.39. The average Bonchev–Trinajstić information content (AvgIpc) is 2.61. The van der Waals surface area contributed by atoms with Crippen LogP contribution in [0.4, 0.5) is 0 Å². The topological polar surface area (TPSA) is 47.6 Å². The quantitative estimate of drug-likeness (QED) is 0.778. The molecule has 3 rings (SSSR count). The van der Waals surface area contributed by atoms with E-state index in [9.17, 15) is 4.79 Å². The highest BCUT2D eigenvalue weighted by Gasteiger charge is 2.45. The van der Waals surface area contributed by atoms with Crippen molar-refractivity contribution in [2.45, 2.75) is 38.1 Å². The largest absolute Gasteiger partial charge is 0.493 e. The lowest BCUT2D eigenvalue weighted by Crippen LogP contribution is -2.48. The molecule has 0 heterocycles. The summed E-state index contributed by atoms with van der Waals surface area (Å²) in [6.45, 7) is 2.97. The minimum absolute atomic E-state index is 0.0684. The van der Waals surface area contributed by atoms with Crippen LogP contribution in [0.5, 0.6) is 11.5 Å². The predicted octanol–water partition coefficient (Wildman–Crippen LogP) is 4.49. The lowest BCUT2D eigenvalue weighted by molar-refractivity contribution is -0.130. The second-order valence-corrected chi connectivity index (χ2v) is 6.98. The summed E-state index contributed by atoms with van der Waals surface area (Å²) in [4.78, 5) is 12.9. The van der Waals surface area contributed by atoms with Crippen molar-refractivity contribution in [1.82, 2.24) is 5.32 Å². The molecule has 0 radical (unpaired) electrons. The van der Waals surface area contributed by atoms with Crippen LogP contribution in [-0.4, -0.2) is 19.6 Å².